The Kier molecular flexibility index (Phi) is 4.16. The number of hydrogen-bond acceptors (Lipinski definition) is 4. The molecule has 1 aliphatic rings. The van der Waals surface area contributed by atoms with Gasteiger partial charge in [-0.3, -0.25) is 5.32 Å². The molecule has 1 heterocycles. The van der Waals surface area contributed by atoms with Crippen molar-refractivity contribution in [3.63, 3.8) is 0 Å². The van der Waals surface area contributed by atoms with Gasteiger partial charge in [0.1, 0.15) is 11.4 Å². The van der Waals surface area contributed by atoms with E-state index in [0.29, 0.717) is 11.9 Å². The maximum absolute atomic E-state index is 11.6. The van der Waals surface area contributed by atoms with Crippen LogP contribution in [0.25, 0.3) is 0 Å². The Morgan fingerprint density at radius 3 is 2.55 bits per heavy atom. The summed E-state index contributed by atoms with van der Waals surface area (Å²) in [5.41, 5.74) is 0.476. The molecule has 1 amide bonds. The third-order valence-electron chi connectivity index (χ3n) is 3.14. The molecule has 110 valence electrons. The number of aromatic nitrogens is 1. The van der Waals surface area contributed by atoms with Gasteiger partial charge in [0.25, 0.3) is 0 Å². The van der Waals surface area contributed by atoms with E-state index in [1.807, 2.05) is 26.8 Å². The highest BCUT2D eigenvalue weighted by atomic mass is 16.6. The first kappa shape index (κ1) is 14.6. The first-order chi connectivity index (χ1) is 9.32. The van der Waals surface area contributed by atoms with Crippen LogP contribution in [-0.2, 0) is 4.74 Å². The van der Waals surface area contributed by atoms with Crippen molar-refractivity contribution in [1.29, 1.82) is 0 Å². The number of nitrogens with zero attached hydrogens (tertiary/aromatic N) is 1. The Labute approximate surface area is 120 Å². The molecule has 0 saturated heterocycles. The van der Waals surface area contributed by atoms with Crippen LogP contribution in [0, 0.1) is 5.92 Å². The molecule has 2 rings (SSSR count). The van der Waals surface area contributed by atoms with Gasteiger partial charge in [-0.05, 0) is 51.7 Å². The number of pyridine rings is 1. The summed E-state index contributed by atoms with van der Waals surface area (Å²) in [5, 5.41) is 6.04. The lowest BCUT2D eigenvalue weighted by molar-refractivity contribution is 0.0635. The molecule has 1 saturated carbocycles. The number of carbonyl (C=O) groups excluding carboxylic acids is 1. The summed E-state index contributed by atoms with van der Waals surface area (Å²) < 4.78 is 5.17. The minimum absolute atomic E-state index is 0.487. The first-order valence-corrected chi connectivity index (χ1v) is 7.04. The lowest BCUT2D eigenvalue weighted by atomic mass is 9.82. The summed E-state index contributed by atoms with van der Waals surface area (Å²) in [4.78, 5) is 15.8. The van der Waals surface area contributed by atoms with E-state index in [2.05, 4.69) is 22.5 Å². The number of amides is 1. The molecule has 0 bridgehead atoms. The van der Waals surface area contributed by atoms with Crippen LogP contribution in [-0.4, -0.2) is 22.7 Å². The summed E-state index contributed by atoms with van der Waals surface area (Å²) in [6.45, 7) is 7.73. The summed E-state index contributed by atoms with van der Waals surface area (Å²) >= 11 is 0. The molecule has 0 unspecified atom stereocenters. The van der Waals surface area contributed by atoms with Gasteiger partial charge < -0.3 is 10.1 Å². The molecule has 20 heavy (non-hydrogen) atoms. The maximum atomic E-state index is 11.6. The first-order valence-electron chi connectivity index (χ1n) is 7.04. The molecule has 1 fully saturated rings. The van der Waals surface area contributed by atoms with Crippen LogP contribution >= 0.6 is 0 Å². The van der Waals surface area contributed by atoms with Gasteiger partial charge in [-0.15, -0.1) is 0 Å². The van der Waals surface area contributed by atoms with Gasteiger partial charge >= 0.3 is 6.09 Å². The van der Waals surface area contributed by atoms with Crippen molar-refractivity contribution in [3.05, 3.63) is 18.3 Å². The number of anilines is 2. The Bertz CT molecular complexity index is 459. The SMILES string of the molecule is CC1CC(Nc2ccc(NC(=O)OC(C)(C)C)nc2)C1. The standard InChI is InChI=1S/C15H23N3O2/c1-10-7-12(8-10)17-11-5-6-13(16-9-11)18-14(19)20-15(2,3)4/h5-6,9-10,12,17H,7-8H2,1-4H3,(H,16,18,19). The number of ether oxygens (including phenoxy) is 1. The van der Waals surface area contributed by atoms with Gasteiger partial charge in [0, 0.05) is 6.04 Å². The summed E-state index contributed by atoms with van der Waals surface area (Å²) in [6, 6.07) is 4.24. The van der Waals surface area contributed by atoms with E-state index in [9.17, 15) is 4.79 Å². The van der Waals surface area contributed by atoms with E-state index >= 15 is 0 Å². The highest BCUT2D eigenvalue weighted by Crippen LogP contribution is 2.29. The number of hydrogen-bond donors (Lipinski definition) is 2. The van der Waals surface area contributed by atoms with Crippen LogP contribution in [0.1, 0.15) is 40.5 Å². The predicted molar refractivity (Wildman–Crippen MR) is 79.9 cm³/mol. The molecule has 5 nitrogen and oxygen atoms in total. The fourth-order valence-corrected chi connectivity index (χ4v) is 2.22. The highest BCUT2D eigenvalue weighted by Gasteiger charge is 2.24. The average Bonchev–Trinajstić information content (AvgIpc) is 2.27. The van der Waals surface area contributed by atoms with Crippen molar-refractivity contribution in [1.82, 2.24) is 4.98 Å². The molecule has 1 aromatic rings. The molecule has 0 aliphatic heterocycles. The summed E-state index contributed by atoms with van der Waals surface area (Å²) in [6.07, 6.45) is 3.66. The smallest absolute Gasteiger partial charge is 0.413 e. The van der Waals surface area contributed by atoms with Gasteiger partial charge in [-0.2, -0.15) is 0 Å². The van der Waals surface area contributed by atoms with Gasteiger partial charge in [0.05, 0.1) is 11.9 Å². The largest absolute Gasteiger partial charge is 0.444 e. The fraction of sp³-hybridized carbons (Fsp3) is 0.600. The number of carbonyl (C=O) groups is 1. The van der Waals surface area contributed by atoms with Crippen molar-refractivity contribution < 1.29 is 9.53 Å². The van der Waals surface area contributed by atoms with Gasteiger partial charge in [0.2, 0.25) is 0 Å². The maximum Gasteiger partial charge on any atom is 0.413 e. The zero-order valence-corrected chi connectivity index (χ0v) is 12.6. The van der Waals surface area contributed by atoms with Crippen LogP contribution in [0.15, 0.2) is 18.3 Å². The highest BCUT2D eigenvalue weighted by molar-refractivity contribution is 5.83. The normalized spacial score (nSPS) is 21.8. The lowest BCUT2D eigenvalue weighted by Gasteiger charge is -2.33. The van der Waals surface area contributed by atoms with Gasteiger partial charge in [-0.25, -0.2) is 9.78 Å². The van der Waals surface area contributed by atoms with Crippen molar-refractivity contribution >= 4 is 17.6 Å². The van der Waals surface area contributed by atoms with E-state index in [-0.39, 0.29) is 0 Å². The van der Waals surface area contributed by atoms with Crippen molar-refractivity contribution in [3.8, 4) is 0 Å². The third-order valence-corrected chi connectivity index (χ3v) is 3.14. The van der Waals surface area contributed by atoms with E-state index in [1.54, 1.807) is 12.3 Å². The molecule has 1 aromatic heterocycles. The van der Waals surface area contributed by atoms with E-state index in [0.717, 1.165) is 11.6 Å². The topological polar surface area (TPSA) is 63.2 Å². The van der Waals surface area contributed by atoms with Crippen molar-refractivity contribution in [2.45, 2.75) is 52.2 Å². The molecule has 0 radical (unpaired) electrons. The van der Waals surface area contributed by atoms with E-state index in [4.69, 9.17) is 4.74 Å². The zero-order chi connectivity index (χ0) is 14.8. The second kappa shape index (κ2) is 5.69. The van der Waals surface area contributed by atoms with Crippen LogP contribution < -0.4 is 10.6 Å². The quantitative estimate of drug-likeness (QED) is 0.885. The van der Waals surface area contributed by atoms with Crippen LogP contribution in [0.2, 0.25) is 0 Å². The molecule has 1 aliphatic carbocycles. The molecule has 2 N–H and O–H groups in total. The third kappa shape index (κ3) is 4.40. The van der Waals surface area contributed by atoms with Crippen molar-refractivity contribution in [2.24, 2.45) is 5.92 Å². The molecular weight excluding hydrogens is 254 g/mol. The minimum atomic E-state index is -0.507. The minimum Gasteiger partial charge on any atom is -0.444 e. The van der Waals surface area contributed by atoms with Gasteiger partial charge in [0.15, 0.2) is 0 Å². The second-order valence-corrected chi connectivity index (χ2v) is 6.48. The summed E-state index contributed by atoms with van der Waals surface area (Å²) in [7, 11) is 0. The van der Waals surface area contributed by atoms with Crippen molar-refractivity contribution in [2.75, 3.05) is 10.6 Å². The van der Waals surface area contributed by atoms with Crippen LogP contribution in [0.5, 0.6) is 0 Å². The Morgan fingerprint density at radius 1 is 1.35 bits per heavy atom. The molecular formula is C15H23N3O2. The summed E-state index contributed by atoms with van der Waals surface area (Å²) in [5.74, 6) is 1.31. The van der Waals surface area contributed by atoms with Crippen LogP contribution in [0.3, 0.4) is 0 Å². The average molecular weight is 277 g/mol. The number of rotatable bonds is 3. The van der Waals surface area contributed by atoms with E-state index in [1.165, 1.54) is 12.8 Å². The zero-order valence-electron chi connectivity index (χ0n) is 12.6. The van der Waals surface area contributed by atoms with Gasteiger partial charge in [-0.1, -0.05) is 6.92 Å². The van der Waals surface area contributed by atoms with Crippen LogP contribution in [0.4, 0.5) is 16.3 Å². The number of nitrogens with one attached hydrogen (secondary N) is 2. The molecule has 5 heteroatoms. The monoisotopic (exact) mass is 277 g/mol. The molecule has 0 spiro atoms. The second-order valence-electron chi connectivity index (χ2n) is 6.48. The molecule has 0 aromatic carbocycles. The lowest BCUT2D eigenvalue weighted by Crippen LogP contribution is -2.33. The molecule has 0 atom stereocenters. The Hall–Kier alpha value is -1.78. The fourth-order valence-electron chi connectivity index (χ4n) is 2.22. The van der Waals surface area contributed by atoms with E-state index < -0.39 is 11.7 Å². The Morgan fingerprint density at radius 2 is 2.05 bits per heavy atom. The predicted octanol–water partition coefficient (Wildman–Crippen LogP) is 3.64. The Balaban J connectivity index is 1.83.